The second kappa shape index (κ2) is 6.74. The molecule has 0 bridgehead atoms. The van der Waals surface area contributed by atoms with E-state index < -0.39 is 0 Å². The summed E-state index contributed by atoms with van der Waals surface area (Å²) in [7, 11) is 0. The molecule has 138 valence electrons. The molecule has 2 N–H and O–H groups in total. The Balaban J connectivity index is 1.39. The van der Waals surface area contributed by atoms with Gasteiger partial charge in [-0.2, -0.15) is 0 Å². The first-order valence-electron chi connectivity index (χ1n) is 9.57. The summed E-state index contributed by atoms with van der Waals surface area (Å²) in [4.78, 5) is 34.8. The molecule has 2 aliphatic heterocycles. The molecule has 2 aliphatic rings. The Morgan fingerprint density at radius 1 is 1.22 bits per heavy atom. The molecule has 3 aromatic rings. The van der Waals surface area contributed by atoms with Crippen LogP contribution in [0, 0.1) is 0 Å². The van der Waals surface area contributed by atoms with Crippen LogP contribution in [0.5, 0.6) is 0 Å². The van der Waals surface area contributed by atoms with Crippen molar-refractivity contribution in [2.45, 2.75) is 38.8 Å². The summed E-state index contributed by atoms with van der Waals surface area (Å²) < 4.78 is 0. The maximum atomic E-state index is 12.7. The molecule has 0 radical (unpaired) electrons. The molecular formula is C20H22N6O. The molecular weight excluding hydrogens is 340 g/mol. The number of hydrogen-bond acceptors (Lipinski definition) is 5. The zero-order valence-corrected chi connectivity index (χ0v) is 15.2. The molecule has 0 unspecified atom stereocenters. The van der Waals surface area contributed by atoms with E-state index in [0.29, 0.717) is 12.4 Å². The first-order valence-corrected chi connectivity index (χ1v) is 9.57. The number of hydrogen-bond donors (Lipinski definition) is 2. The van der Waals surface area contributed by atoms with Crippen LogP contribution in [-0.2, 0) is 19.5 Å². The van der Waals surface area contributed by atoms with Gasteiger partial charge in [-0.15, -0.1) is 0 Å². The lowest BCUT2D eigenvalue weighted by Gasteiger charge is -2.27. The predicted octanol–water partition coefficient (Wildman–Crippen LogP) is 2.18. The zero-order chi connectivity index (χ0) is 18.2. The number of aliphatic imine (C=N–C) groups is 1. The van der Waals surface area contributed by atoms with Crippen LogP contribution in [0.1, 0.15) is 41.9 Å². The van der Waals surface area contributed by atoms with Crippen molar-refractivity contribution < 1.29 is 0 Å². The lowest BCUT2D eigenvalue weighted by Crippen LogP contribution is -2.36. The zero-order valence-electron chi connectivity index (χ0n) is 15.2. The third-order valence-corrected chi connectivity index (χ3v) is 5.48. The van der Waals surface area contributed by atoms with Gasteiger partial charge in [0.2, 0.25) is 0 Å². The number of pyridine rings is 1. The van der Waals surface area contributed by atoms with Gasteiger partial charge in [-0.05, 0) is 37.0 Å². The molecule has 7 nitrogen and oxygen atoms in total. The quantitative estimate of drug-likeness (QED) is 0.747. The van der Waals surface area contributed by atoms with Crippen LogP contribution in [0.25, 0.3) is 11.0 Å². The number of rotatable bonds is 3. The van der Waals surface area contributed by atoms with E-state index in [-0.39, 0.29) is 5.56 Å². The summed E-state index contributed by atoms with van der Waals surface area (Å²) >= 11 is 0. The molecule has 27 heavy (non-hydrogen) atoms. The van der Waals surface area contributed by atoms with Crippen LogP contribution >= 0.6 is 0 Å². The van der Waals surface area contributed by atoms with Crippen LogP contribution in [-0.4, -0.2) is 43.6 Å². The maximum absolute atomic E-state index is 12.7. The fraction of sp³-hybridized carbons (Fsp3) is 0.400. The number of H-pyrrole nitrogens is 2. The van der Waals surface area contributed by atoms with E-state index in [9.17, 15) is 4.79 Å². The largest absolute Gasteiger partial charge is 0.346 e. The fourth-order valence-electron chi connectivity index (χ4n) is 4.03. The highest BCUT2D eigenvalue weighted by molar-refractivity contribution is 5.97. The lowest BCUT2D eigenvalue weighted by molar-refractivity contribution is 0.242. The van der Waals surface area contributed by atoms with Crippen LogP contribution in [0.3, 0.4) is 0 Å². The molecule has 0 saturated carbocycles. The number of aromatic nitrogens is 4. The summed E-state index contributed by atoms with van der Waals surface area (Å²) in [5.74, 6) is 0.676. The van der Waals surface area contributed by atoms with Crippen molar-refractivity contribution >= 4 is 16.7 Å². The van der Waals surface area contributed by atoms with Gasteiger partial charge >= 0.3 is 0 Å². The molecule has 0 amide bonds. The van der Waals surface area contributed by atoms with Crippen LogP contribution in [0.4, 0.5) is 0 Å². The van der Waals surface area contributed by atoms with E-state index in [1.165, 1.54) is 5.56 Å². The molecule has 5 heterocycles. The van der Waals surface area contributed by atoms with Crippen molar-refractivity contribution in [3.05, 3.63) is 57.5 Å². The summed E-state index contributed by atoms with van der Waals surface area (Å²) in [6.07, 6.45) is 7.74. The van der Waals surface area contributed by atoms with Crippen LogP contribution in [0.2, 0.25) is 0 Å². The smallest absolute Gasteiger partial charge is 0.255 e. The molecule has 0 aromatic carbocycles. The molecule has 3 aromatic heterocycles. The predicted molar refractivity (Wildman–Crippen MR) is 104 cm³/mol. The van der Waals surface area contributed by atoms with Crippen molar-refractivity contribution in [1.29, 1.82) is 0 Å². The van der Waals surface area contributed by atoms with Crippen molar-refractivity contribution in [3.8, 4) is 0 Å². The molecule has 0 atom stereocenters. The molecule has 7 heteroatoms. The van der Waals surface area contributed by atoms with E-state index in [2.05, 4.69) is 30.9 Å². The van der Waals surface area contributed by atoms with Gasteiger partial charge in [0, 0.05) is 50.4 Å². The topological polar surface area (TPSA) is 90.0 Å². The molecule has 0 fully saturated rings. The second-order valence-corrected chi connectivity index (χ2v) is 7.30. The Morgan fingerprint density at radius 3 is 3.07 bits per heavy atom. The van der Waals surface area contributed by atoms with E-state index in [1.807, 2.05) is 12.3 Å². The summed E-state index contributed by atoms with van der Waals surface area (Å²) in [6, 6.07) is 4.03. The summed E-state index contributed by atoms with van der Waals surface area (Å²) in [5, 5.41) is 1.14. The first-order chi connectivity index (χ1) is 13.3. The maximum Gasteiger partial charge on any atom is 0.255 e. The van der Waals surface area contributed by atoms with Gasteiger partial charge in [-0.25, -0.2) is 9.97 Å². The van der Waals surface area contributed by atoms with E-state index >= 15 is 0 Å². The average molecular weight is 362 g/mol. The van der Waals surface area contributed by atoms with Crippen molar-refractivity contribution in [3.63, 3.8) is 0 Å². The number of aromatic amines is 2. The minimum atomic E-state index is -0.0198. The van der Waals surface area contributed by atoms with Crippen LogP contribution in [0.15, 0.2) is 34.3 Å². The highest BCUT2D eigenvalue weighted by atomic mass is 16.1. The van der Waals surface area contributed by atoms with Gasteiger partial charge < -0.3 is 9.97 Å². The molecule has 0 saturated heterocycles. The lowest BCUT2D eigenvalue weighted by atomic mass is 10.0. The molecule has 0 spiro atoms. The van der Waals surface area contributed by atoms with Crippen molar-refractivity contribution in [2.75, 3.05) is 13.1 Å². The van der Waals surface area contributed by atoms with Crippen molar-refractivity contribution in [2.24, 2.45) is 4.99 Å². The Labute approximate surface area is 156 Å². The Bertz CT molecular complexity index is 1080. The summed E-state index contributed by atoms with van der Waals surface area (Å²) in [6.45, 7) is 3.14. The highest BCUT2D eigenvalue weighted by Gasteiger charge is 2.23. The molecule has 5 rings (SSSR count). The minimum absolute atomic E-state index is 0.0198. The van der Waals surface area contributed by atoms with Crippen LogP contribution < -0.4 is 5.56 Å². The normalized spacial score (nSPS) is 17.7. The first kappa shape index (κ1) is 16.4. The SMILES string of the molecule is O=c1[nH]c(C2=NCCCC2)nc2c1CN(Cc1c[nH]c3ncccc13)CC2. The van der Waals surface area contributed by atoms with Gasteiger partial charge in [0.1, 0.15) is 5.65 Å². The van der Waals surface area contributed by atoms with Crippen molar-refractivity contribution in [1.82, 2.24) is 24.8 Å². The Hall–Kier alpha value is -2.80. The Kier molecular flexibility index (Phi) is 4.09. The van der Waals surface area contributed by atoms with Gasteiger partial charge in [0.05, 0.1) is 17.0 Å². The Morgan fingerprint density at radius 2 is 2.19 bits per heavy atom. The fourth-order valence-corrected chi connectivity index (χ4v) is 4.03. The van der Waals surface area contributed by atoms with E-state index in [0.717, 1.165) is 73.3 Å². The van der Waals surface area contributed by atoms with Gasteiger partial charge in [-0.3, -0.25) is 14.7 Å². The van der Waals surface area contributed by atoms with Gasteiger partial charge in [0.15, 0.2) is 5.82 Å². The number of fused-ring (bicyclic) bond motifs is 2. The standard InChI is InChI=1S/C20H22N6O/c27-20-15-12-26(11-13-10-23-18-14(13)4-3-8-22-18)9-6-16(15)24-19(25-20)17-5-1-2-7-21-17/h3-4,8,10H,1-2,5-7,9,11-12H2,(H,22,23)(H,24,25,27). The monoisotopic (exact) mass is 362 g/mol. The van der Waals surface area contributed by atoms with E-state index in [4.69, 9.17) is 4.98 Å². The average Bonchev–Trinajstić information content (AvgIpc) is 3.12. The summed E-state index contributed by atoms with van der Waals surface area (Å²) in [5.41, 5.74) is 4.77. The third-order valence-electron chi connectivity index (χ3n) is 5.48. The number of nitrogens with zero attached hydrogens (tertiary/aromatic N) is 4. The van der Waals surface area contributed by atoms with E-state index in [1.54, 1.807) is 6.20 Å². The molecule has 0 aliphatic carbocycles. The highest BCUT2D eigenvalue weighted by Crippen LogP contribution is 2.21. The van der Waals surface area contributed by atoms with Gasteiger partial charge in [0.25, 0.3) is 5.56 Å². The minimum Gasteiger partial charge on any atom is -0.346 e. The second-order valence-electron chi connectivity index (χ2n) is 7.30. The third kappa shape index (κ3) is 3.08. The number of nitrogens with one attached hydrogen (secondary N) is 2. The van der Waals surface area contributed by atoms with Gasteiger partial charge in [-0.1, -0.05) is 0 Å².